The molecule has 0 radical (unpaired) electrons. The minimum atomic E-state index is -3.46. The summed E-state index contributed by atoms with van der Waals surface area (Å²) in [4.78, 5) is 70.7. The summed E-state index contributed by atoms with van der Waals surface area (Å²) in [5, 5.41) is 6.61. The quantitative estimate of drug-likeness (QED) is 0.0399. The number of rotatable bonds is 25. The molecule has 138 heavy (non-hydrogen) atoms. The van der Waals surface area contributed by atoms with E-state index in [1.807, 2.05) is 83.2 Å². The number of benzene rings is 6. The van der Waals surface area contributed by atoms with Gasteiger partial charge in [0.25, 0.3) is 5.91 Å². The summed E-state index contributed by atoms with van der Waals surface area (Å²) in [5.41, 5.74) is 13.2. The number of nitrogens with zero attached hydrogens (tertiary/aromatic N) is 19. The van der Waals surface area contributed by atoms with Crippen LogP contribution in [0.15, 0.2) is 147 Å². The molecule has 6 aliphatic rings. The Labute approximate surface area is 818 Å². The lowest BCUT2D eigenvalue weighted by Gasteiger charge is -2.28. The first kappa shape index (κ1) is 101. The van der Waals surface area contributed by atoms with Crippen LogP contribution in [0.25, 0.3) is 44.9 Å². The number of aromatic nitrogens is 11. The standard InChI is InChI=1S/C27H30ClF2N5O2S.C26H28ClF2N5O.C24H28ClF2N5.C23H23ClF2N6O/c28-26-21(22(29)10-11-23(26)30)18-35-14-2-1-5-24-27(35)32-25(17-31-24)19-6-8-20(9-7-19)33-38(36,37)16-15-34-12-3-4-13-34;1-33(2)14-12-30-26(35)18-8-6-17(7-9-18)23-15-31-22-5-3-4-13-34(25(22)32-23)16-19-20(28)10-11-21(29)24(19)27;1-16-18(17-12-29-32(14-17)11-10-30(2)3)13-28-22-6-4-5-9-31(24(16)22)15-19-20(26)7-8-21(27)23(19)25;24-21-16(17(25)4-5-18(21)26)14-32-6-2-1-3-19-22(32)30-20(13-27-19)15-11-28-23(29-12-15)31-7-9-33-10-8-31/h6-11,17,33H,1-5,12-16,18H2;6-11,15H,3-5,12-14,16H2,1-2H3,(H,30,35);7-8,12-14H,4-6,9-11,15H2,1-3H3;4-5,11-13H,1-3,6-10,14H2. The fourth-order valence-electron chi connectivity index (χ4n) is 17.3. The molecular formula is C100H109Cl4F8N21O4S. The van der Waals surface area contributed by atoms with Crippen molar-refractivity contribution < 1.29 is 53.1 Å². The van der Waals surface area contributed by atoms with Gasteiger partial charge in [0.05, 0.1) is 116 Å². The zero-order valence-corrected chi connectivity index (χ0v) is 81.3. The lowest BCUT2D eigenvalue weighted by molar-refractivity contribution is 0.0951. The molecule has 12 aromatic rings. The van der Waals surface area contributed by atoms with Gasteiger partial charge in [-0.1, -0.05) is 70.7 Å². The predicted molar refractivity (Wildman–Crippen MR) is 525 cm³/mol. The van der Waals surface area contributed by atoms with E-state index in [4.69, 9.17) is 71.1 Å². The summed E-state index contributed by atoms with van der Waals surface area (Å²) < 4.78 is 149. The van der Waals surface area contributed by atoms with Gasteiger partial charge in [0.15, 0.2) is 17.5 Å². The van der Waals surface area contributed by atoms with Crippen LogP contribution in [0.5, 0.6) is 0 Å². The van der Waals surface area contributed by atoms with Crippen LogP contribution in [-0.2, 0) is 73.2 Å². The molecule has 0 aliphatic carbocycles. The van der Waals surface area contributed by atoms with Crippen LogP contribution in [0.1, 0.15) is 125 Å². The van der Waals surface area contributed by atoms with E-state index in [1.54, 1.807) is 67.4 Å². The molecule has 6 aromatic heterocycles. The molecule has 0 bridgehead atoms. The van der Waals surface area contributed by atoms with Crippen molar-refractivity contribution in [2.75, 3.05) is 155 Å². The van der Waals surface area contributed by atoms with Gasteiger partial charge in [-0.25, -0.2) is 68.5 Å². The summed E-state index contributed by atoms with van der Waals surface area (Å²) in [6.45, 7) is 13.4. The van der Waals surface area contributed by atoms with Crippen LogP contribution in [-0.4, -0.2) is 209 Å². The van der Waals surface area contributed by atoms with Crippen molar-refractivity contribution in [3.63, 3.8) is 0 Å². The summed E-state index contributed by atoms with van der Waals surface area (Å²) in [6.07, 6.45) is 27.1. The van der Waals surface area contributed by atoms with Crippen molar-refractivity contribution in [3.05, 3.63) is 269 Å². The minimum absolute atomic E-state index is 0.0524. The number of nitrogens with one attached hydrogen (secondary N) is 2. The van der Waals surface area contributed by atoms with E-state index in [2.05, 4.69) is 66.6 Å². The second-order valence-electron chi connectivity index (χ2n) is 35.3. The van der Waals surface area contributed by atoms with Gasteiger partial charge < -0.3 is 49.3 Å². The number of carbonyl (C=O) groups excluding carboxylic acids is 1. The Morgan fingerprint density at radius 3 is 1.28 bits per heavy atom. The fraction of sp³-hybridized carbons (Fsp3) is 0.390. The predicted octanol–water partition coefficient (Wildman–Crippen LogP) is 19.1. The molecule has 25 nitrogen and oxygen atoms in total. The number of fused-ring (bicyclic) bond motifs is 4. The van der Waals surface area contributed by atoms with Gasteiger partial charge in [0, 0.05) is 178 Å². The SMILES string of the molecule is CN(C)CCNC(=O)c1ccc(-c2cnc3c(n2)N(Cc2c(F)ccc(F)c2Cl)CCCC3)cc1.Cc1c(-c2cnn(CCN(C)C)c2)cnc2c1N(Cc1c(F)ccc(F)c1Cl)CCCC2.Fc1ccc(F)c(CN2CCCCc3ncc(-c4cnc(N5CCOCC5)nc4)nc32)c1Cl.O=S(=O)(CCN1CCCC1)Nc1ccc(-c2cnc3c(n2)N(Cc2c(F)ccc(F)c2Cl)CCCC3)cc1. The minimum Gasteiger partial charge on any atom is -0.378 e. The maximum atomic E-state index is 14.5. The Morgan fingerprint density at radius 2 is 0.826 bits per heavy atom. The van der Waals surface area contributed by atoms with Gasteiger partial charge in [0.2, 0.25) is 16.0 Å². The van der Waals surface area contributed by atoms with E-state index in [-0.39, 0.29) is 80.2 Å². The number of aryl methyl sites for hydroxylation is 4. The van der Waals surface area contributed by atoms with Crippen molar-refractivity contribution in [2.24, 2.45) is 0 Å². The summed E-state index contributed by atoms with van der Waals surface area (Å²) in [7, 11) is 4.52. The maximum absolute atomic E-state index is 14.5. The lowest BCUT2D eigenvalue weighted by atomic mass is 10.0. The number of likely N-dealkylation sites (N-methyl/N-ethyl adjacent to an activating group) is 2. The Hall–Kier alpha value is -11.3. The summed E-state index contributed by atoms with van der Waals surface area (Å²) in [5.74, 6) is -2.21. The van der Waals surface area contributed by atoms with E-state index in [0.29, 0.717) is 97.7 Å². The van der Waals surface area contributed by atoms with Gasteiger partial charge in [-0.05, 0) is 216 Å². The Morgan fingerprint density at radius 1 is 0.428 bits per heavy atom. The number of halogens is 12. The van der Waals surface area contributed by atoms with Crippen LogP contribution in [0.2, 0.25) is 20.1 Å². The molecule has 1 amide bonds. The zero-order valence-electron chi connectivity index (χ0n) is 77.5. The summed E-state index contributed by atoms with van der Waals surface area (Å²) >= 11 is 24.4. The van der Waals surface area contributed by atoms with Crippen LogP contribution in [0, 0.1) is 53.5 Å². The van der Waals surface area contributed by atoms with Crippen molar-refractivity contribution >= 4 is 97.1 Å². The fourth-order valence-corrected chi connectivity index (χ4v) is 19.2. The number of anilines is 6. The Kier molecular flexibility index (Phi) is 34.5. The monoisotopic (exact) mass is 1990 g/mol. The first-order valence-corrected chi connectivity index (χ1v) is 49.5. The molecule has 2 N–H and O–H groups in total. The van der Waals surface area contributed by atoms with Gasteiger partial charge in [-0.2, -0.15) is 5.10 Å². The van der Waals surface area contributed by atoms with Gasteiger partial charge in [-0.15, -0.1) is 0 Å². The summed E-state index contributed by atoms with van der Waals surface area (Å²) in [6, 6.07) is 22.7. The Balaban J connectivity index is 0.000000140. The van der Waals surface area contributed by atoms with Gasteiger partial charge >= 0.3 is 0 Å². The van der Waals surface area contributed by atoms with E-state index >= 15 is 0 Å². The number of hydrogen-bond acceptors (Lipinski definition) is 22. The highest BCUT2D eigenvalue weighted by atomic mass is 35.5. The third-order valence-electron chi connectivity index (χ3n) is 25.0. The van der Waals surface area contributed by atoms with Crippen molar-refractivity contribution in [1.82, 2.24) is 74.7 Å². The smallest absolute Gasteiger partial charge is 0.251 e. The molecule has 6 aromatic carbocycles. The second-order valence-corrected chi connectivity index (χ2v) is 38.7. The molecule has 0 atom stereocenters. The van der Waals surface area contributed by atoms with Crippen molar-refractivity contribution in [1.29, 1.82) is 0 Å². The highest BCUT2D eigenvalue weighted by Crippen LogP contribution is 2.41. The average molecular weight is 1990 g/mol. The topological polar surface area (TPSA) is 244 Å². The molecule has 0 spiro atoms. The Bertz CT molecular complexity index is 6370. The first-order chi connectivity index (χ1) is 66.6. The molecule has 12 heterocycles. The first-order valence-electron chi connectivity index (χ1n) is 46.3. The number of morpholine rings is 1. The number of pyridine rings is 1. The molecule has 18 rings (SSSR count). The number of amides is 1. The van der Waals surface area contributed by atoms with Crippen molar-refractivity contribution in [3.8, 4) is 44.9 Å². The van der Waals surface area contributed by atoms with Crippen LogP contribution < -0.4 is 34.5 Å². The van der Waals surface area contributed by atoms with E-state index in [0.717, 1.165) is 253 Å². The van der Waals surface area contributed by atoms with E-state index < -0.39 is 56.6 Å². The molecule has 2 fully saturated rings. The molecule has 728 valence electrons. The van der Waals surface area contributed by atoms with E-state index in [1.165, 1.54) is 0 Å². The van der Waals surface area contributed by atoms with E-state index in [9.17, 15) is 48.3 Å². The highest BCUT2D eigenvalue weighted by molar-refractivity contribution is 7.92. The maximum Gasteiger partial charge on any atom is 0.251 e. The molecule has 0 unspecified atom stereocenters. The highest BCUT2D eigenvalue weighted by Gasteiger charge is 2.31. The van der Waals surface area contributed by atoms with Gasteiger partial charge in [-0.3, -0.25) is 34.1 Å². The van der Waals surface area contributed by atoms with Crippen LogP contribution in [0.3, 0.4) is 0 Å². The molecule has 6 aliphatic heterocycles. The third-order valence-corrected chi connectivity index (χ3v) is 27.9. The average Bonchev–Trinajstić information content (AvgIpc) is 1.48. The zero-order chi connectivity index (χ0) is 97.3. The van der Waals surface area contributed by atoms with Gasteiger partial charge in [0.1, 0.15) is 46.5 Å². The third kappa shape index (κ3) is 25.6. The normalized spacial score (nSPS) is 15.1. The van der Waals surface area contributed by atoms with Crippen molar-refractivity contribution in [2.45, 2.75) is 130 Å². The van der Waals surface area contributed by atoms with Crippen LogP contribution >= 0.6 is 46.4 Å². The number of ether oxygens (including phenoxy) is 1. The molecule has 0 saturated carbocycles. The molecule has 2 saturated heterocycles. The lowest BCUT2D eigenvalue weighted by Crippen LogP contribution is -2.37. The number of carbonyl (C=O) groups is 1. The second kappa shape index (κ2) is 47.1. The molecular weight excluding hydrogens is 1890 g/mol. The van der Waals surface area contributed by atoms with Crippen LogP contribution in [0.4, 0.5) is 69.9 Å². The number of likely N-dealkylation sites (tertiary alicyclic amines) is 1. The largest absolute Gasteiger partial charge is 0.378 e. The molecule has 38 heteroatoms. The number of hydrogen-bond donors (Lipinski definition) is 2. The number of sulfonamides is 1.